The lowest BCUT2D eigenvalue weighted by Crippen LogP contribution is -2.40. The molecule has 3 heterocycles. The molecule has 2 aromatic heterocycles. The maximum Gasteiger partial charge on any atom is 0.257 e. The van der Waals surface area contributed by atoms with Crippen LogP contribution in [-0.2, 0) is 5.41 Å². The van der Waals surface area contributed by atoms with Gasteiger partial charge in [-0.2, -0.15) is 0 Å². The number of hydrogen-bond donors (Lipinski definition) is 1. The Bertz CT molecular complexity index is 1190. The summed E-state index contributed by atoms with van der Waals surface area (Å²) in [6.07, 6.45) is 4.66. The van der Waals surface area contributed by atoms with E-state index < -0.39 is 11.7 Å². The zero-order valence-corrected chi connectivity index (χ0v) is 18.4. The van der Waals surface area contributed by atoms with E-state index in [9.17, 15) is 14.0 Å². The molecule has 2 amide bonds. The van der Waals surface area contributed by atoms with E-state index >= 15 is 0 Å². The smallest absolute Gasteiger partial charge is 0.257 e. The topological polar surface area (TPSA) is 102 Å². The molecule has 8 heteroatoms. The van der Waals surface area contributed by atoms with Gasteiger partial charge in [0.2, 0.25) is 0 Å². The fraction of sp³-hybridized carbons (Fsp3) is 0.375. The number of likely N-dealkylation sites (tertiary alicyclic amines) is 1. The van der Waals surface area contributed by atoms with E-state index in [4.69, 9.17) is 5.73 Å². The van der Waals surface area contributed by atoms with Crippen LogP contribution in [0.15, 0.2) is 36.7 Å². The number of nitrogens with two attached hydrogens (primary N) is 1. The van der Waals surface area contributed by atoms with Gasteiger partial charge in [0.05, 0.1) is 22.3 Å². The monoisotopic (exact) mass is 435 g/mol. The molecular formula is C24H26FN5O2. The van der Waals surface area contributed by atoms with Crippen molar-refractivity contribution in [2.75, 3.05) is 13.1 Å². The molecule has 1 aliphatic heterocycles. The molecule has 7 nitrogen and oxygen atoms in total. The van der Waals surface area contributed by atoms with Gasteiger partial charge in [-0.15, -0.1) is 0 Å². The van der Waals surface area contributed by atoms with Gasteiger partial charge in [-0.05, 0) is 37.1 Å². The van der Waals surface area contributed by atoms with Crippen molar-refractivity contribution in [2.24, 2.45) is 5.73 Å². The highest BCUT2D eigenvalue weighted by molar-refractivity contribution is 5.98. The molecule has 1 aliphatic rings. The lowest BCUT2D eigenvalue weighted by molar-refractivity contribution is 0.0704. The van der Waals surface area contributed by atoms with Crippen LogP contribution in [0.25, 0.3) is 10.9 Å². The highest BCUT2D eigenvalue weighted by Gasteiger charge is 2.30. The van der Waals surface area contributed by atoms with Gasteiger partial charge in [0.15, 0.2) is 0 Å². The second kappa shape index (κ2) is 8.26. The molecule has 0 aliphatic carbocycles. The Labute approximate surface area is 185 Å². The van der Waals surface area contributed by atoms with Crippen molar-refractivity contribution in [3.63, 3.8) is 0 Å². The Kier molecular flexibility index (Phi) is 5.62. The summed E-state index contributed by atoms with van der Waals surface area (Å²) in [7, 11) is 0. The van der Waals surface area contributed by atoms with Crippen molar-refractivity contribution >= 4 is 22.7 Å². The summed E-state index contributed by atoms with van der Waals surface area (Å²) in [5, 5.41) is 0.516. The van der Waals surface area contributed by atoms with Gasteiger partial charge >= 0.3 is 0 Å². The predicted octanol–water partition coefficient (Wildman–Crippen LogP) is 3.58. The number of aromatic nitrogens is 3. The van der Waals surface area contributed by atoms with Crippen LogP contribution in [0.5, 0.6) is 0 Å². The van der Waals surface area contributed by atoms with Gasteiger partial charge in [0.1, 0.15) is 11.6 Å². The van der Waals surface area contributed by atoms with E-state index in [0.29, 0.717) is 41.1 Å². The quantitative estimate of drug-likeness (QED) is 0.677. The molecular weight excluding hydrogens is 409 g/mol. The van der Waals surface area contributed by atoms with Crippen LogP contribution in [0.3, 0.4) is 0 Å². The molecule has 166 valence electrons. The molecule has 0 spiro atoms. The van der Waals surface area contributed by atoms with Gasteiger partial charge in [-0.25, -0.2) is 14.4 Å². The van der Waals surface area contributed by atoms with Crippen molar-refractivity contribution in [2.45, 2.75) is 44.9 Å². The van der Waals surface area contributed by atoms with Crippen molar-refractivity contribution in [1.82, 2.24) is 19.9 Å². The second-order valence-electron chi connectivity index (χ2n) is 9.26. The second-order valence-corrected chi connectivity index (χ2v) is 9.26. The van der Waals surface area contributed by atoms with Crippen molar-refractivity contribution in [1.29, 1.82) is 0 Å². The molecule has 2 N–H and O–H groups in total. The Morgan fingerprint density at radius 3 is 2.53 bits per heavy atom. The normalized spacial score (nSPS) is 16.9. The van der Waals surface area contributed by atoms with E-state index in [1.807, 2.05) is 20.8 Å². The number of fused-ring (bicyclic) bond motifs is 1. The maximum atomic E-state index is 13.6. The SMILES string of the molecule is CC(C)(C)c1ncc(C(=O)N2CCCC(c3nc4ccc(F)cc4cc3C(N)=O)C2)cn1. The van der Waals surface area contributed by atoms with Crippen LogP contribution in [0.2, 0.25) is 0 Å². The molecule has 32 heavy (non-hydrogen) atoms. The summed E-state index contributed by atoms with van der Waals surface area (Å²) in [5.41, 5.74) is 7.24. The third kappa shape index (κ3) is 4.30. The number of halogens is 1. The number of hydrogen-bond acceptors (Lipinski definition) is 5. The van der Waals surface area contributed by atoms with E-state index in [-0.39, 0.29) is 22.8 Å². The minimum Gasteiger partial charge on any atom is -0.366 e. The number of primary amides is 1. The Balaban J connectivity index is 1.62. The number of rotatable bonds is 3. The number of carbonyl (C=O) groups excluding carboxylic acids is 2. The van der Waals surface area contributed by atoms with E-state index in [1.165, 1.54) is 12.1 Å². The predicted molar refractivity (Wildman–Crippen MR) is 119 cm³/mol. The summed E-state index contributed by atoms with van der Waals surface area (Å²) in [4.78, 5) is 40.3. The number of amides is 2. The summed E-state index contributed by atoms with van der Waals surface area (Å²) in [5.74, 6) is -0.656. The number of benzene rings is 1. The summed E-state index contributed by atoms with van der Waals surface area (Å²) >= 11 is 0. The van der Waals surface area contributed by atoms with Gasteiger partial charge in [0.25, 0.3) is 11.8 Å². The van der Waals surface area contributed by atoms with Crippen LogP contribution in [-0.4, -0.2) is 44.8 Å². The van der Waals surface area contributed by atoms with Crippen LogP contribution < -0.4 is 5.73 Å². The number of piperidine rings is 1. The minimum atomic E-state index is -0.617. The molecule has 1 aromatic carbocycles. The first-order chi connectivity index (χ1) is 15.1. The average molecular weight is 436 g/mol. The number of pyridine rings is 1. The Morgan fingerprint density at radius 1 is 1.16 bits per heavy atom. The largest absolute Gasteiger partial charge is 0.366 e. The van der Waals surface area contributed by atoms with Crippen LogP contribution in [0, 0.1) is 5.82 Å². The van der Waals surface area contributed by atoms with Crippen molar-refractivity contribution in [3.8, 4) is 0 Å². The molecule has 0 saturated carbocycles. The fourth-order valence-electron chi connectivity index (χ4n) is 4.06. The van der Waals surface area contributed by atoms with Gasteiger partial charge < -0.3 is 10.6 Å². The summed E-state index contributed by atoms with van der Waals surface area (Å²) in [6.45, 7) is 7.04. The average Bonchev–Trinajstić information content (AvgIpc) is 2.77. The third-order valence-corrected chi connectivity index (χ3v) is 5.74. The highest BCUT2D eigenvalue weighted by atomic mass is 19.1. The molecule has 1 fully saturated rings. The molecule has 0 bridgehead atoms. The van der Waals surface area contributed by atoms with Crippen molar-refractivity contribution in [3.05, 3.63) is 65.1 Å². The zero-order chi connectivity index (χ0) is 23.0. The maximum absolute atomic E-state index is 13.6. The third-order valence-electron chi connectivity index (χ3n) is 5.74. The van der Waals surface area contributed by atoms with Gasteiger partial charge in [-0.1, -0.05) is 20.8 Å². The molecule has 3 aromatic rings. The Hall–Kier alpha value is -3.42. The number of nitrogens with zero attached hydrogens (tertiary/aromatic N) is 4. The minimum absolute atomic E-state index is 0.153. The molecule has 1 unspecified atom stereocenters. The first-order valence-electron chi connectivity index (χ1n) is 10.7. The number of carbonyl (C=O) groups is 2. The molecule has 4 rings (SSSR count). The van der Waals surface area contributed by atoms with Crippen LogP contribution in [0.4, 0.5) is 4.39 Å². The van der Waals surface area contributed by atoms with E-state index in [1.54, 1.807) is 29.4 Å². The van der Waals surface area contributed by atoms with E-state index in [0.717, 1.165) is 12.8 Å². The molecule has 0 radical (unpaired) electrons. The summed E-state index contributed by atoms with van der Waals surface area (Å²) < 4.78 is 13.6. The molecule has 1 atom stereocenters. The first kappa shape index (κ1) is 21.8. The first-order valence-corrected chi connectivity index (χ1v) is 10.7. The van der Waals surface area contributed by atoms with Gasteiger partial charge in [-0.3, -0.25) is 14.6 Å². The highest BCUT2D eigenvalue weighted by Crippen LogP contribution is 2.31. The van der Waals surface area contributed by atoms with Gasteiger partial charge in [0, 0.05) is 42.2 Å². The Morgan fingerprint density at radius 2 is 1.88 bits per heavy atom. The van der Waals surface area contributed by atoms with Crippen LogP contribution >= 0.6 is 0 Å². The lowest BCUT2D eigenvalue weighted by Gasteiger charge is -2.33. The van der Waals surface area contributed by atoms with Crippen molar-refractivity contribution < 1.29 is 14.0 Å². The zero-order valence-electron chi connectivity index (χ0n) is 18.4. The standard InChI is InChI=1S/C24H26FN5O2/c1-24(2,3)23-27-11-16(12-28-23)22(32)30-8-4-5-14(13-30)20-18(21(26)31)10-15-9-17(25)6-7-19(15)29-20/h6-7,9-12,14H,4-5,8,13H2,1-3H3,(H2,26,31). The fourth-order valence-corrected chi connectivity index (χ4v) is 4.06. The van der Waals surface area contributed by atoms with Crippen LogP contribution in [0.1, 0.15) is 71.8 Å². The lowest BCUT2D eigenvalue weighted by atomic mass is 9.90. The summed E-state index contributed by atoms with van der Waals surface area (Å²) in [6, 6.07) is 5.83. The molecule has 1 saturated heterocycles. The van der Waals surface area contributed by atoms with E-state index in [2.05, 4.69) is 15.0 Å².